The Morgan fingerprint density at radius 2 is 1.21 bits per heavy atom. The first-order valence-electron chi connectivity index (χ1n) is 23.8. The highest BCUT2D eigenvalue weighted by atomic mass is 16.5. The van der Waals surface area contributed by atoms with Crippen molar-refractivity contribution in [1.82, 2.24) is 18.5 Å². The van der Waals surface area contributed by atoms with Gasteiger partial charge in [-0.3, -0.25) is 13.5 Å². The minimum Gasteiger partial charge on any atom is -0.457 e. The molecule has 5 nitrogen and oxygen atoms in total. The molecule has 1 saturated heterocycles. The summed E-state index contributed by atoms with van der Waals surface area (Å²) >= 11 is 0. The third-order valence-corrected chi connectivity index (χ3v) is 14.0. The van der Waals surface area contributed by atoms with Crippen LogP contribution in [0.3, 0.4) is 0 Å². The Hall–Kier alpha value is -7.57. The van der Waals surface area contributed by atoms with E-state index in [1.807, 2.05) is 20.0 Å². The molecule has 3 aliphatic heterocycles. The Bertz CT molecular complexity index is 3500. The lowest BCUT2D eigenvalue weighted by molar-refractivity contribution is 0.187. The SMILES string of the molecule is [2H]C(C)(C)c1cccc2c1[N@@+]1(c3c(-c4ccccc4)cccc3-c3ccccc3)[CH-][N@+]2(c2cccc(Oc3ccc4c5cc(-c6ccccc6)ccc5n(-c5cc(C(C)(C)C)ccn5)c4c3)c2)C1. The molecule has 3 aliphatic rings. The molecular weight excluding hydrogens is 817 g/mol. The minimum atomic E-state index is -0.847. The molecule has 2 atom stereocenters. The maximum Gasteiger partial charge on any atom is 0.186 e. The summed E-state index contributed by atoms with van der Waals surface area (Å²) in [5.41, 5.74) is 16.1. The number of aromatic nitrogens is 2. The number of para-hydroxylation sites is 2. The third-order valence-electron chi connectivity index (χ3n) is 14.0. The molecule has 8 aromatic carbocycles. The van der Waals surface area contributed by atoms with Gasteiger partial charge in [0.2, 0.25) is 0 Å². The highest BCUT2D eigenvalue weighted by molar-refractivity contribution is 6.11. The van der Waals surface area contributed by atoms with Crippen LogP contribution in [0.25, 0.3) is 61.0 Å². The monoisotopic (exact) mass is 870 g/mol. The van der Waals surface area contributed by atoms with Gasteiger partial charge in [0, 0.05) is 53.2 Å². The Balaban J connectivity index is 0.985. The maximum absolute atomic E-state index is 9.56. The summed E-state index contributed by atoms with van der Waals surface area (Å²) in [6.45, 7) is 14.0. The second kappa shape index (κ2) is 15.5. The van der Waals surface area contributed by atoms with Gasteiger partial charge in [-0.2, -0.15) is 0 Å². The largest absolute Gasteiger partial charge is 0.457 e. The Morgan fingerprint density at radius 3 is 1.88 bits per heavy atom. The third kappa shape index (κ3) is 6.56. The molecule has 1 fully saturated rings. The first-order chi connectivity index (χ1) is 32.9. The van der Waals surface area contributed by atoms with Crippen molar-refractivity contribution in [1.29, 1.82) is 0 Å². The molecule has 0 radical (unpaired) electrons. The van der Waals surface area contributed by atoms with E-state index < -0.39 is 5.89 Å². The maximum atomic E-state index is 9.56. The van der Waals surface area contributed by atoms with E-state index in [9.17, 15) is 1.37 Å². The van der Waals surface area contributed by atoms with E-state index in [4.69, 9.17) is 9.72 Å². The highest BCUT2D eigenvalue weighted by Gasteiger charge is 2.65. The van der Waals surface area contributed by atoms with E-state index in [2.05, 4.69) is 232 Å². The van der Waals surface area contributed by atoms with Crippen LogP contribution >= 0.6 is 0 Å². The lowest BCUT2D eigenvalue weighted by Gasteiger charge is -2.57. The number of nitrogens with zero attached hydrogens (tertiary/aromatic N) is 4. The normalized spacial score (nSPS) is 17.8. The van der Waals surface area contributed by atoms with Crippen molar-refractivity contribution in [3.63, 3.8) is 0 Å². The second-order valence-corrected chi connectivity index (χ2v) is 19.5. The van der Waals surface area contributed by atoms with Crippen LogP contribution in [0.4, 0.5) is 22.7 Å². The van der Waals surface area contributed by atoms with Gasteiger partial charge >= 0.3 is 0 Å². The molecule has 0 amide bonds. The van der Waals surface area contributed by atoms with Crippen LogP contribution in [0.15, 0.2) is 206 Å². The van der Waals surface area contributed by atoms with Gasteiger partial charge in [0.05, 0.1) is 17.7 Å². The van der Waals surface area contributed by atoms with Gasteiger partial charge in [0.25, 0.3) is 0 Å². The summed E-state index contributed by atoms with van der Waals surface area (Å²) in [6.07, 6.45) is 1.93. The van der Waals surface area contributed by atoms with Gasteiger partial charge in [-0.25, -0.2) is 4.98 Å². The van der Waals surface area contributed by atoms with Gasteiger partial charge in [0.15, 0.2) is 18.0 Å². The number of benzene rings is 8. The van der Waals surface area contributed by atoms with Crippen molar-refractivity contribution in [2.75, 3.05) is 6.67 Å². The van der Waals surface area contributed by atoms with Crippen molar-refractivity contribution in [3.05, 3.63) is 224 Å². The second-order valence-electron chi connectivity index (χ2n) is 19.5. The average Bonchev–Trinajstić information content (AvgIpc) is 3.95. The quantitative estimate of drug-likeness (QED) is 0.107. The van der Waals surface area contributed by atoms with Gasteiger partial charge in [-0.05, 0) is 99.8 Å². The summed E-state index contributed by atoms with van der Waals surface area (Å²) < 4.78 is 19.8. The van der Waals surface area contributed by atoms with E-state index in [1.165, 1.54) is 56.0 Å². The first-order valence-corrected chi connectivity index (χ1v) is 23.3. The zero-order chi connectivity index (χ0) is 46.4. The molecule has 0 N–H and O–H groups in total. The lowest BCUT2D eigenvalue weighted by atomic mass is 9.88. The van der Waals surface area contributed by atoms with Crippen LogP contribution in [0.2, 0.25) is 0 Å². The standard InChI is InChI=1S/C62H53N4O/c1-42(2)51-26-17-29-58-61(51)66(60-52(44-20-11-7-12-21-44)27-16-28-53(60)45-22-13-8-14-23-45)40-65(58,41-66)48-24-15-25-49(38-48)67-50-31-32-54-55-36-46(43-18-9-6-10-19-43)30-33-56(55)64(57(54)39-50)59-37-47(34-35-63-59)62(3,4)5/h6-40,42H,41H2,1-5H3/q+1/t65-,66+/m1/s1/i42D. The van der Waals surface area contributed by atoms with E-state index in [-0.39, 0.29) is 5.41 Å². The summed E-state index contributed by atoms with van der Waals surface area (Å²) in [7, 11) is 0. The molecule has 0 saturated carbocycles. The van der Waals surface area contributed by atoms with E-state index in [1.54, 1.807) is 0 Å². The molecular formula is C62H53N4O+. The number of hydrogen-bond donors (Lipinski definition) is 0. The molecule has 5 heteroatoms. The topological polar surface area (TPSA) is 27.1 Å². The summed E-state index contributed by atoms with van der Waals surface area (Å²) in [4.78, 5) is 4.97. The molecule has 0 spiro atoms. The fraction of sp³-hybridized carbons (Fsp3) is 0.129. The summed E-state index contributed by atoms with van der Waals surface area (Å²) in [6, 6.07) is 71.5. The number of hydrogen-bond acceptors (Lipinski definition) is 2. The van der Waals surface area contributed by atoms with Crippen LogP contribution in [0, 0.1) is 6.67 Å². The molecule has 13 rings (SSSR count). The van der Waals surface area contributed by atoms with Crippen molar-refractivity contribution >= 4 is 44.6 Å². The van der Waals surface area contributed by atoms with E-state index >= 15 is 0 Å². The molecule has 2 bridgehead atoms. The predicted molar refractivity (Wildman–Crippen MR) is 279 cm³/mol. The fourth-order valence-electron chi connectivity index (χ4n) is 10.9. The van der Waals surface area contributed by atoms with Crippen LogP contribution < -0.4 is 13.7 Å². The minimum absolute atomic E-state index is 0.0427. The van der Waals surface area contributed by atoms with Crippen LogP contribution in [-0.2, 0) is 5.41 Å². The molecule has 326 valence electrons. The van der Waals surface area contributed by atoms with Gasteiger partial charge < -0.3 is 4.74 Å². The molecule has 67 heavy (non-hydrogen) atoms. The van der Waals surface area contributed by atoms with Gasteiger partial charge in [-0.15, -0.1) is 0 Å². The molecule has 0 unspecified atom stereocenters. The number of fused-ring (bicyclic) bond motifs is 3. The lowest BCUT2D eigenvalue weighted by Crippen LogP contribution is -2.67. The zero-order valence-electron chi connectivity index (χ0n) is 39.6. The number of rotatable bonds is 9. The van der Waals surface area contributed by atoms with Gasteiger partial charge in [-0.1, -0.05) is 156 Å². The average molecular weight is 871 g/mol. The fourth-order valence-corrected chi connectivity index (χ4v) is 10.9. The number of ether oxygens (including phenoxy) is 1. The Kier molecular flexibility index (Phi) is 9.21. The highest BCUT2D eigenvalue weighted by Crippen LogP contribution is 2.69. The summed E-state index contributed by atoms with van der Waals surface area (Å²) in [5.74, 6) is 1.54. The smallest absolute Gasteiger partial charge is 0.186 e. The van der Waals surface area contributed by atoms with E-state index in [0.29, 0.717) is 8.97 Å². The van der Waals surface area contributed by atoms with Crippen LogP contribution in [0.5, 0.6) is 11.5 Å². The Labute approximate surface area is 395 Å². The molecule has 0 aliphatic carbocycles. The summed E-state index contributed by atoms with van der Waals surface area (Å²) in [5, 5.41) is 2.30. The first kappa shape index (κ1) is 39.8. The van der Waals surface area contributed by atoms with E-state index in [0.717, 1.165) is 57.0 Å². The number of quaternary nitrogens is 2. The van der Waals surface area contributed by atoms with Gasteiger partial charge in [0.1, 0.15) is 28.7 Å². The molecule has 2 aromatic heterocycles. The molecule has 5 heterocycles. The molecule has 10 aromatic rings. The number of pyridine rings is 1. The van der Waals surface area contributed by atoms with Crippen LogP contribution in [0.1, 0.15) is 53.0 Å². The zero-order valence-corrected chi connectivity index (χ0v) is 38.6. The van der Waals surface area contributed by atoms with Crippen molar-refractivity contribution in [3.8, 4) is 50.7 Å². The van der Waals surface area contributed by atoms with Crippen molar-refractivity contribution in [2.45, 2.75) is 45.9 Å². The van der Waals surface area contributed by atoms with Crippen molar-refractivity contribution in [2.24, 2.45) is 0 Å². The Morgan fingerprint density at radius 1 is 0.567 bits per heavy atom. The van der Waals surface area contributed by atoms with Crippen LogP contribution in [-0.4, -0.2) is 16.2 Å². The van der Waals surface area contributed by atoms with Crippen molar-refractivity contribution < 1.29 is 6.11 Å². The predicted octanol–water partition coefficient (Wildman–Crippen LogP) is 16.8.